The first-order valence-electron chi connectivity index (χ1n) is 12.8. The molecule has 3 aromatic rings. The van der Waals surface area contributed by atoms with Gasteiger partial charge in [0.2, 0.25) is 0 Å². The Labute approximate surface area is 207 Å². The van der Waals surface area contributed by atoms with Gasteiger partial charge < -0.3 is 15.5 Å². The molecule has 8 heteroatoms. The number of aromatic nitrogens is 4. The molecule has 2 N–H and O–H groups in total. The molecule has 3 unspecified atom stereocenters. The SMILES string of the molecule is CCc1cc(NC(=O)NC2CCC3CN(CCCc4ccccc4)CC32)cc(-c2nnnn2C)c1. The van der Waals surface area contributed by atoms with Crippen molar-refractivity contribution in [2.75, 3.05) is 25.0 Å². The number of nitrogens with one attached hydrogen (secondary N) is 2. The zero-order chi connectivity index (χ0) is 24.2. The summed E-state index contributed by atoms with van der Waals surface area (Å²) in [6, 6.07) is 16.8. The summed E-state index contributed by atoms with van der Waals surface area (Å²) in [4.78, 5) is 15.5. The third kappa shape index (κ3) is 5.53. The van der Waals surface area contributed by atoms with Gasteiger partial charge in [-0.3, -0.25) is 0 Å². The van der Waals surface area contributed by atoms with Gasteiger partial charge in [-0.15, -0.1) is 5.10 Å². The fourth-order valence-electron chi connectivity index (χ4n) is 5.78. The van der Waals surface area contributed by atoms with Crippen LogP contribution in [0.1, 0.15) is 37.3 Å². The van der Waals surface area contributed by atoms with Gasteiger partial charge in [0, 0.05) is 37.4 Å². The number of likely N-dealkylation sites (tertiary alicyclic amines) is 1. The van der Waals surface area contributed by atoms with E-state index in [1.54, 1.807) is 4.68 Å². The maximum absolute atomic E-state index is 13.0. The van der Waals surface area contributed by atoms with Crippen molar-refractivity contribution in [3.8, 4) is 11.4 Å². The summed E-state index contributed by atoms with van der Waals surface area (Å²) in [6.45, 7) is 5.47. The Kier molecular flexibility index (Phi) is 7.08. The van der Waals surface area contributed by atoms with Gasteiger partial charge in [0.25, 0.3) is 0 Å². The van der Waals surface area contributed by atoms with E-state index < -0.39 is 0 Å². The fraction of sp³-hybridized carbons (Fsp3) is 0.481. The summed E-state index contributed by atoms with van der Waals surface area (Å²) < 4.78 is 1.64. The summed E-state index contributed by atoms with van der Waals surface area (Å²) in [5.74, 6) is 1.91. The highest BCUT2D eigenvalue weighted by Gasteiger charge is 2.42. The topological polar surface area (TPSA) is 88.0 Å². The van der Waals surface area contributed by atoms with Crippen LogP contribution in [0, 0.1) is 11.8 Å². The molecule has 3 atom stereocenters. The van der Waals surface area contributed by atoms with Gasteiger partial charge in [0.05, 0.1) is 0 Å². The Balaban J connectivity index is 1.15. The molecule has 8 nitrogen and oxygen atoms in total. The number of anilines is 1. The van der Waals surface area contributed by atoms with Crippen LogP contribution in [-0.2, 0) is 19.9 Å². The van der Waals surface area contributed by atoms with Crippen LogP contribution in [0.5, 0.6) is 0 Å². The first-order valence-corrected chi connectivity index (χ1v) is 12.8. The van der Waals surface area contributed by atoms with Crippen molar-refractivity contribution in [1.82, 2.24) is 30.4 Å². The second-order valence-corrected chi connectivity index (χ2v) is 9.95. The molecule has 1 aromatic heterocycles. The number of fused-ring (bicyclic) bond motifs is 1. The lowest BCUT2D eigenvalue weighted by Crippen LogP contribution is -2.42. The van der Waals surface area contributed by atoms with Crippen LogP contribution in [-0.4, -0.2) is 56.8 Å². The molecule has 35 heavy (non-hydrogen) atoms. The van der Waals surface area contributed by atoms with Gasteiger partial charge in [-0.1, -0.05) is 37.3 Å². The number of tetrazole rings is 1. The maximum atomic E-state index is 13.0. The molecule has 2 aromatic carbocycles. The van der Waals surface area contributed by atoms with E-state index in [-0.39, 0.29) is 12.1 Å². The second kappa shape index (κ2) is 10.6. The minimum Gasteiger partial charge on any atom is -0.335 e. The second-order valence-electron chi connectivity index (χ2n) is 9.95. The van der Waals surface area contributed by atoms with Crippen molar-refractivity contribution in [3.05, 3.63) is 59.7 Å². The normalized spacial score (nSPS) is 21.7. The van der Waals surface area contributed by atoms with Crippen molar-refractivity contribution >= 4 is 11.7 Å². The Bertz CT molecular complexity index is 1150. The highest BCUT2D eigenvalue weighted by molar-refractivity contribution is 5.90. The summed E-state index contributed by atoms with van der Waals surface area (Å²) in [5.41, 5.74) is 4.20. The van der Waals surface area contributed by atoms with E-state index in [1.165, 1.54) is 18.4 Å². The smallest absolute Gasteiger partial charge is 0.319 e. The third-order valence-electron chi connectivity index (χ3n) is 7.57. The lowest BCUT2D eigenvalue weighted by molar-refractivity contribution is 0.242. The van der Waals surface area contributed by atoms with Gasteiger partial charge >= 0.3 is 6.03 Å². The lowest BCUT2D eigenvalue weighted by atomic mass is 9.98. The van der Waals surface area contributed by atoms with Crippen molar-refractivity contribution in [2.24, 2.45) is 18.9 Å². The largest absolute Gasteiger partial charge is 0.335 e. The quantitative estimate of drug-likeness (QED) is 0.518. The number of carbonyl (C=O) groups excluding carboxylic acids is 1. The minimum absolute atomic E-state index is 0.131. The summed E-state index contributed by atoms with van der Waals surface area (Å²) in [5, 5.41) is 18.1. The van der Waals surface area contributed by atoms with Crippen LogP contribution < -0.4 is 10.6 Å². The van der Waals surface area contributed by atoms with Crippen molar-refractivity contribution in [3.63, 3.8) is 0 Å². The molecule has 2 fully saturated rings. The van der Waals surface area contributed by atoms with Gasteiger partial charge in [0.15, 0.2) is 5.82 Å². The minimum atomic E-state index is -0.131. The summed E-state index contributed by atoms with van der Waals surface area (Å²) >= 11 is 0. The van der Waals surface area contributed by atoms with Crippen LogP contribution in [0.4, 0.5) is 10.5 Å². The molecule has 5 rings (SSSR count). The van der Waals surface area contributed by atoms with E-state index in [2.05, 4.69) is 74.4 Å². The molecule has 1 aliphatic carbocycles. The Morgan fingerprint density at radius 2 is 1.94 bits per heavy atom. The Morgan fingerprint density at radius 1 is 1.09 bits per heavy atom. The number of carbonyl (C=O) groups is 1. The monoisotopic (exact) mass is 473 g/mol. The molecule has 0 spiro atoms. The highest BCUT2D eigenvalue weighted by atomic mass is 16.2. The van der Waals surface area contributed by atoms with Crippen LogP contribution >= 0.6 is 0 Å². The van der Waals surface area contributed by atoms with Gasteiger partial charge in [-0.05, 0) is 90.2 Å². The third-order valence-corrected chi connectivity index (χ3v) is 7.57. The van der Waals surface area contributed by atoms with E-state index >= 15 is 0 Å². The van der Waals surface area contributed by atoms with Crippen molar-refractivity contribution in [1.29, 1.82) is 0 Å². The molecule has 2 heterocycles. The molecular formula is C27H35N7O. The Hall–Kier alpha value is -3.26. The number of hydrogen-bond acceptors (Lipinski definition) is 5. The van der Waals surface area contributed by atoms with Gasteiger partial charge in [-0.25, -0.2) is 9.48 Å². The van der Waals surface area contributed by atoms with Crippen molar-refractivity contribution in [2.45, 2.75) is 45.1 Å². The van der Waals surface area contributed by atoms with E-state index in [1.807, 2.05) is 19.2 Å². The van der Waals surface area contributed by atoms with Crippen LogP contribution in [0.2, 0.25) is 0 Å². The number of urea groups is 1. The molecule has 2 amide bonds. The number of aryl methyl sites for hydroxylation is 3. The van der Waals surface area contributed by atoms with Crippen LogP contribution in [0.3, 0.4) is 0 Å². The first kappa shape index (κ1) is 23.5. The molecule has 184 valence electrons. The summed E-state index contributed by atoms with van der Waals surface area (Å²) in [7, 11) is 1.82. The number of benzene rings is 2. The lowest BCUT2D eigenvalue weighted by Gasteiger charge is -2.22. The van der Waals surface area contributed by atoms with Gasteiger partial charge in [0.1, 0.15) is 0 Å². The average Bonchev–Trinajstić information content (AvgIpc) is 3.56. The van der Waals surface area contributed by atoms with E-state index in [0.29, 0.717) is 17.7 Å². The molecular weight excluding hydrogens is 438 g/mol. The van der Waals surface area contributed by atoms with E-state index in [4.69, 9.17) is 0 Å². The average molecular weight is 474 g/mol. The van der Waals surface area contributed by atoms with E-state index in [0.717, 1.165) is 55.7 Å². The molecule has 1 saturated carbocycles. The van der Waals surface area contributed by atoms with Gasteiger partial charge in [-0.2, -0.15) is 0 Å². The first-order chi connectivity index (χ1) is 17.1. The standard InChI is InChI=1S/C27H35N7O/c1-3-19-14-22(26-30-31-32-33(26)2)16-23(15-19)28-27(35)29-25-12-11-21-17-34(18-24(21)25)13-7-10-20-8-5-4-6-9-20/h4-6,8-9,14-16,21,24-25H,3,7,10-13,17-18H2,1-2H3,(H2,28,29,35). The van der Waals surface area contributed by atoms with E-state index in [9.17, 15) is 4.79 Å². The van der Waals surface area contributed by atoms with Crippen LogP contribution in [0.25, 0.3) is 11.4 Å². The number of amides is 2. The molecule has 0 radical (unpaired) electrons. The number of hydrogen-bond donors (Lipinski definition) is 2. The number of rotatable bonds is 8. The fourth-order valence-corrected chi connectivity index (χ4v) is 5.78. The zero-order valence-corrected chi connectivity index (χ0v) is 20.7. The molecule has 0 bridgehead atoms. The summed E-state index contributed by atoms with van der Waals surface area (Å²) in [6.07, 6.45) is 5.42. The molecule has 1 saturated heterocycles. The molecule has 1 aliphatic heterocycles. The maximum Gasteiger partial charge on any atom is 0.319 e. The Morgan fingerprint density at radius 3 is 2.71 bits per heavy atom. The van der Waals surface area contributed by atoms with Crippen molar-refractivity contribution < 1.29 is 4.79 Å². The zero-order valence-electron chi connectivity index (χ0n) is 20.7. The number of nitrogens with zero attached hydrogens (tertiary/aromatic N) is 5. The predicted octanol–water partition coefficient (Wildman–Crippen LogP) is 3.90. The highest BCUT2D eigenvalue weighted by Crippen LogP contribution is 2.38. The molecule has 2 aliphatic rings. The predicted molar refractivity (Wildman–Crippen MR) is 137 cm³/mol. The van der Waals surface area contributed by atoms with Crippen LogP contribution in [0.15, 0.2) is 48.5 Å².